The van der Waals surface area contributed by atoms with E-state index < -0.39 is 5.91 Å². The van der Waals surface area contributed by atoms with Crippen molar-refractivity contribution in [3.05, 3.63) is 60.4 Å². The van der Waals surface area contributed by atoms with Crippen molar-refractivity contribution < 1.29 is 9.53 Å². The van der Waals surface area contributed by atoms with Crippen LogP contribution in [0.5, 0.6) is 5.75 Å². The molecule has 2 heterocycles. The number of carbonyl (C=O) groups excluding carboxylic acids is 1. The molecular formula is C17H16ClN3O2. The van der Waals surface area contributed by atoms with Gasteiger partial charge in [0.25, 0.3) is 5.91 Å². The van der Waals surface area contributed by atoms with Crippen molar-refractivity contribution in [1.29, 1.82) is 0 Å². The van der Waals surface area contributed by atoms with Crippen molar-refractivity contribution in [2.24, 2.45) is 5.73 Å². The Hall–Kier alpha value is -2.79. The van der Waals surface area contributed by atoms with Gasteiger partial charge >= 0.3 is 0 Å². The fourth-order valence-electron chi connectivity index (χ4n) is 2.32. The zero-order chi connectivity index (χ0) is 15.5. The molecule has 2 aromatic heterocycles. The molecule has 6 heteroatoms. The van der Waals surface area contributed by atoms with Crippen molar-refractivity contribution in [2.75, 3.05) is 7.11 Å². The Morgan fingerprint density at radius 1 is 1.09 bits per heavy atom. The number of hydrogen-bond donors (Lipinski definition) is 2. The van der Waals surface area contributed by atoms with E-state index in [1.807, 2.05) is 36.4 Å². The number of nitrogens with two attached hydrogens (primary N) is 1. The number of H-pyrrole nitrogens is 1. The first-order valence-electron chi connectivity index (χ1n) is 6.76. The van der Waals surface area contributed by atoms with Crippen molar-refractivity contribution in [3.8, 4) is 28.3 Å². The number of benzene rings is 1. The lowest BCUT2D eigenvalue weighted by atomic mass is 10.1. The molecule has 3 N–H and O–H groups in total. The lowest BCUT2D eigenvalue weighted by Crippen LogP contribution is -2.11. The summed E-state index contributed by atoms with van der Waals surface area (Å²) in [6, 6.07) is 12.9. The predicted octanol–water partition coefficient (Wildman–Crippen LogP) is 3.27. The minimum absolute atomic E-state index is 0. The Labute approximate surface area is 139 Å². The molecular weight excluding hydrogens is 314 g/mol. The van der Waals surface area contributed by atoms with Gasteiger partial charge in [0.15, 0.2) is 0 Å². The standard InChI is InChI=1S/C17H15N3O2.ClH/c1-22-13-4-2-12(3-5-13)16-14(17(18)21)10-15(20-16)11-6-8-19-9-7-11;/h2-10,20H,1H3,(H2,18,21);1H. The topological polar surface area (TPSA) is 81.0 Å². The zero-order valence-corrected chi connectivity index (χ0v) is 13.3. The third-order valence-corrected chi connectivity index (χ3v) is 3.45. The average molecular weight is 330 g/mol. The van der Waals surface area contributed by atoms with E-state index >= 15 is 0 Å². The maximum absolute atomic E-state index is 11.7. The molecule has 0 aliphatic carbocycles. The number of halogens is 1. The van der Waals surface area contributed by atoms with Gasteiger partial charge in [0.05, 0.1) is 18.4 Å². The molecule has 23 heavy (non-hydrogen) atoms. The summed E-state index contributed by atoms with van der Waals surface area (Å²) in [6.07, 6.45) is 3.40. The molecule has 1 amide bonds. The highest BCUT2D eigenvalue weighted by Gasteiger charge is 2.15. The van der Waals surface area contributed by atoms with E-state index in [-0.39, 0.29) is 12.4 Å². The van der Waals surface area contributed by atoms with Crippen LogP contribution in [0.15, 0.2) is 54.9 Å². The number of pyridine rings is 1. The molecule has 3 rings (SSSR count). The number of nitrogens with zero attached hydrogens (tertiary/aromatic N) is 1. The van der Waals surface area contributed by atoms with Crippen LogP contribution in [0.25, 0.3) is 22.5 Å². The smallest absolute Gasteiger partial charge is 0.250 e. The van der Waals surface area contributed by atoms with Crippen LogP contribution in [0.3, 0.4) is 0 Å². The van der Waals surface area contributed by atoms with E-state index in [1.54, 1.807) is 25.6 Å². The van der Waals surface area contributed by atoms with Gasteiger partial charge in [-0.05, 0) is 48.0 Å². The summed E-state index contributed by atoms with van der Waals surface area (Å²) in [7, 11) is 1.61. The lowest BCUT2D eigenvalue weighted by molar-refractivity contribution is 0.100. The van der Waals surface area contributed by atoms with Gasteiger partial charge < -0.3 is 15.5 Å². The lowest BCUT2D eigenvalue weighted by Gasteiger charge is -2.04. The molecule has 0 aliphatic rings. The normalized spacial score (nSPS) is 9.96. The molecule has 0 aliphatic heterocycles. The molecule has 0 unspecified atom stereocenters. The molecule has 0 fully saturated rings. The molecule has 0 radical (unpaired) electrons. The quantitative estimate of drug-likeness (QED) is 0.770. The van der Waals surface area contributed by atoms with Gasteiger partial charge in [-0.3, -0.25) is 9.78 Å². The average Bonchev–Trinajstić information content (AvgIpc) is 3.01. The summed E-state index contributed by atoms with van der Waals surface area (Å²) in [5, 5.41) is 0. The maximum Gasteiger partial charge on any atom is 0.250 e. The minimum atomic E-state index is -0.470. The van der Waals surface area contributed by atoms with Crippen molar-refractivity contribution >= 4 is 18.3 Å². The third-order valence-electron chi connectivity index (χ3n) is 3.45. The molecule has 0 spiro atoms. The number of nitrogens with one attached hydrogen (secondary N) is 1. The van der Waals surface area contributed by atoms with E-state index in [4.69, 9.17) is 10.5 Å². The van der Waals surface area contributed by atoms with Gasteiger partial charge in [-0.15, -0.1) is 12.4 Å². The van der Waals surface area contributed by atoms with Crippen LogP contribution in [0, 0.1) is 0 Å². The molecule has 118 valence electrons. The number of carbonyl (C=O) groups is 1. The van der Waals surface area contributed by atoms with Crippen LogP contribution in [-0.2, 0) is 0 Å². The SMILES string of the molecule is COc1ccc(-c2[nH]c(-c3ccncc3)cc2C(N)=O)cc1.Cl. The largest absolute Gasteiger partial charge is 0.497 e. The fraction of sp³-hybridized carbons (Fsp3) is 0.0588. The second-order valence-electron chi connectivity index (χ2n) is 4.80. The molecule has 1 aromatic carbocycles. The van der Waals surface area contributed by atoms with Crippen LogP contribution in [-0.4, -0.2) is 23.0 Å². The highest BCUT2D eigenvalue weighted by molar-refractivity contribution is 6.00. The van der Waals surface area contributed by atoms with Crippen molar-refractivity contribution in [1.82, 2.24) is 9.97 Å². The first-order chi connectivity index (χ1) is 10.7. The predicted molar refractivity (Wildman–Crippen MR) is 91.8 cm³/mol. The highest BCUT2D eigenvalue weighted by Crippen LogP contribution is 2.29. The highest BCUT2D eigenvalue weighted by atomic mass is 35.5. The Balaban J connectivity index is 0.00000192. The summed E-state index contributed by atoms with van der Waals surface area (Å²) in [5.74, 6) is 0.285. The van der Waals surface area contributed by atoms with Gasteiger partial charge in [0, 0.05) is 23.7 Å². The van der Waals surface area contributed by atoms with E-state index in [0.717, 1.165) is 22.6 Å². The van der Waals surface area contributed by atoms with Gasteiger partial charge in [-0.25, -0.2) is 0 Å². The monoisotopic (exact) mass is 329 g/mol. The van der Waals surface area contributed by atoms with E-state index in [0.29, 0.717) is 11.3 Å². The van der Waals surface area contributed by atoms with Crippen LogP contribution >= 0.6 is 12.4 Å². The number of hydrogen-bond acceptors (Lipinski definition) is 3. The minimum Gasteiger partial charge on any atom is -0.497 e. The van der Waals surface area contributed by atoms with Gasteiger partial charge in [-0.2, -0.15) is 0 Å². The molecule has 0 saturated carbocycles. The summed E-state index contributed by atoms with van der Waals surface area (Å²) in [5.41, 5.74) is 9.29. The number of aromatic amines is 1. The Morgan fingerprint density at radius 3 is 2.30 bits per heavy atom. The molecule has 0 bridgehead atoms. The van der Waals surface area contributed by atoms with Gasteiger partial charge in [-0.1, -0.05) is 0 Å². The zero-order valence-electron chi connectivity index (χ0n) is 12.4. The second kappa shape index (κ2) is 6.98. The number of amides is 1. The molecule has 3 aromatic rings. The summed E-state index contributed by atoms with van der Waals surface area (Å²) in [4.78, 5) is 19.0. The molecule has 5 nitrogen and oxygen atoms in total. The summed E-state index contributed by atoms with van der Waals surface area (Å²) in [6.45, 7) is 0. The first-order valence-corrected chi connectivity index (χ1v) is 6.76. The van der Waals surface area contributed by atoms with Crippen molar-refractivity contribution in [2.45, 2.75) is 0 Å². The van der Waals surface area contributed by atoms with Crippen LogP contribution in [0.1, 0.15) is 10.4 Å². The van der Waals surface area contributed by atoms with Crippen LogP contribution in [0.4, 0.5) is 0 Å². The summed E-state index contributed by atoms with van der Waals surface area (Å²) >= 11 is 0. The van der Waals surface area contributed by atoms with Crippen LogP contribution < -0.4 is 10.5 Å². The van der Waals surface area contributed by atoms with Crippen molar-refractivity contribution in [3.63, 3.8) is 0 Å². The van der Waals surface area contributed by atoms with Gasteiger partial charge in [0.2, 0.25) is 0 Å². The summed E-state index contributed by atoms with van der Waals surface area (Å²) < 4.78 is 5.15. The first kappa shape index (κ1) is 16.6. The fourth-order valence-corrected chi connectivity index (χ4v) is 2.32. The second-order valence-corrected chi connectivity index (χ2v) is 4.80. The third kappa shape index (κ3) is 3.35. The van der Waals surface area contributed by atoms with E-state index in [9.17, 15) is 4.79 Å². The van der Waals surface area contributed by atoms with E-state index in [2.05, 4.69) is 9.97 Å². The maximum atomic E-state index is 11.7. The number of rotatable bonds is 4. The Morgan fingerprint density at radius 2 is 1.74 bits per heavy atom. The number of methoxy groups -OCH3 is 1. The van der Waals surface area contributed by atoms with Crippen LogP contribution in [0.2, 0.25) is 0 Å². The number of primary amides is 1. The Kier molecular flexibility index (Phi) is 5.03. The molecule has 0 saturated heterocycles. The number of ether oxygens (including phenoxy) is 1. The molecule has 0 atom stereocenters. The van der Waals surface area contributed by atoms with E-state index in [1.165, 1.54) is 0 Å². The Bertz CT molecular complexity index is 798. The van der Waals surface area contributed by atoms with Gasteiger partial charge in [0.1, 0.15) is 5.75 Å². The number of aromatic nitrogens is 2.